The first kappa shape index (κ1) is 13.6. The molecule has 0 aliphatic heterocycles. The first-order valence-electron chi connectivity index (χ1n) is 5.14. The predicted octanol–water partition coefficient (Wildman–Crippen LogP) is 1.43. The molecule has 1 atom stereocenters. The van der Waals surface area contributed by atoms with Crippen molar-refractivity contribution >= 4 is 24.5 Å². The van der Waals surface area contributed by atoms with Gasteiger partial charge in [0.2, 0.25) is 0 Å². The van der Waals surface area contributed by atoms with Crippen molar-refractivity contribution in [1.29, 1.82) is 0 Å². The van der Waals surface area contributed by atoms with Gasteiger partial charge in [0.05, 0.1) is 11.8 Å². The Morgan fingerprint density at radius 3 is 2.65 bits per heavy atom. The van der Waals surface area contributed by atoms with E-state index in [2.05, 4.69) is 12.6 Å². The van der Waals surface area contributed by atoms with Crippen LogP contribution in [0.4, 0.5) is 0 Å². The van der Waals surface area contributed by atoms with E-state index in [-0.39, 0.29) is 5.91 Å². The van der Waals surface area contributed by atoms with Crippen LogP contribution in [-0.4, -0.2) is 40.7 Å². The Bertz CT molecular complexity index is 415. The van der Waals surface area contributed by atoms with Gasteiger partial charge in [-0.2, -0.15) is 12.6 Å². The van der Waals surface area contributed by atoms with E-state index >= 15 is 0 Å². The zero-order valence-electron chi connectivity index (χ0n) is 9.71. The van der Waals surface area contributed by atoms with E-state index in [1.54, 1.807) is 6.92 Å². The van der Waals surface area contributed by atoms with Crippen molar-refractivity contribution in [2.45, 2.75) is 19.4 Å². The number of carbonyl (C=O) groups excluding carboxylic acids is 1. The van der Waals surface area contributed by atoms with Gasteiger partial charge in [0.25, 0.3) is 5.91 Å². The molecule has 0 fully saturated rings. The van der Waals surface area contributed by atoms with E-state index in [0.29, 0.717) is 23.5 Å². The molecule has 17 heavy (non-hydrogen) atoms. The summed E-state index contributed by atoms with van der Waals surface area (Å²) < 4.78 is 5.03. The highest BCUT2D eigenvalue weighted by Gasteiger charge is 2.27. The van der Waals surface area contributed by atoms with Gasteiger partial charge in [-0.1, -0.05) is 0 Å². The summed E-state index contributed by atoms with van der Waals surface area (Å²) in [6, 6.07) is 0.669. The maximum Gasteiger partial charge on any atom is 0.326 e. The molecule has 5 nitrogen and oxygen atoms in total. The fourth-order valence-electron chi connectivity index (χ4n) is 1.54. The van der Waals surface area contributed by atoms with Crippen LogP contribution < -0.4 is 0 Å². The number of nitrogens with zero attached hydrogens (tertiary/aromatic N) is 1. The van der Waals surface area contributed by atoms with E-state index in [0.717, 1.165) is 0 Å². The lowest BCUT2D eigenvalue weighted by Crippen LogP contribution is -2.42. The van der Waals surface area contributed by atoms with E-state index in [4.69, 9.17) is 9.52 Å². The summed E-state index contributed by atoms with van der Waals surface area (Å²) in [4.78, 5) is 24.3. The fraction of sp³-hybridized carbons (Fsp3) is 0.455. The van der Waals surface area contributed by atoms with Crippen molar-refractivity contribution in [2.75, 3.05) is 12.8 Å². The Morgan fingerprint density at radius 2 is 2.24 bits per heavy atom. The van der Waals surface area contributed by atoms with Crippen molar-refractivity contribution in [3.05, 3.63) is 23.7 Å². The average molecular weight is 257 g/mol. The Balaban J connectivity index is 2.88. The number of carboxylic acids is 1. The van der Waals surface area contributed by atoms with Gasteiger partial charge in [-0.25, -0.2) is 4.79 Å². The Kier molecular flexibility index (Phi) is 4.62. The van der Waals surface area contributed by atoms with Crippen molar-refractivity contribution in [2.24, 2.45) is 0 Å². The smallest absolute Gasteiger partial charge is 0.326 e. The van der Waals surface area contributed by atoms with Crippen molar-refractivity contribution in [3.8, 4) is 0 Å². The molecule has 1 N–H and O–H groups in total. The van der Waals surface area contributed by atoms with E-state index < -0.39 is 12.0 Å². The van der Waals surface area contributed by atoms with Crippen molar-refractivity contribution in [3.63, 3.8) is 0 Å². The van der Waals surface area contributed by atoms with Crippen LogP contribution in [-0.2, 0) is 4.79 Å². The molecule has 6 heteroatoms. The SMILES string of the molecule is Cc1occc1C(=O)N(C)C(CCS)C(=O)O. The predicted molar refractivity (Wildman–Crippen MR) is 65.4 cm³/mol. The molecule has 0 saturated carbocycles. The summed E-state index contributed by atoms with van der Waals surface area (Å²) in [6.45, 7) is 1.66. The average Bonchev–Trinajstić information content (AvgIpc) is 2.70. The number of furan rings is 1. The van der Waals surface area contributed by atoms with Crippen molar-refractivity contribution < 1.29 is 19.1 Å². The quantitative estimate of drug-likeness (QED) is 0.783. The zero-order chi connectivity index (χ0) is 13.0. The number of likely N-dealkylation sites (N-methyl/N-ethyl adjacent to an activating group) is 1. The number of rotatable bonds is 5. The molecule has 0 aliphatic carbocycles. The molecule has 1 aromatic rings. The number of carboxylic acid groups (broad SMARTS) is 1. The highest BCUT2D eigenvalue weighted by Crippen LogP contribution is 2.14. The molecule has 1 amide bonds. The highest BCUT2D eigenvalue weighted by atomic mass is 32.1. The van der Waals surface area contributed by atoms with E-state index in [1.165, 1.54) is 24.3 Å². The van der Waals surface area contributed by atoms with Gasteiger partial charge < -0.3 is 14.4 Å². The molecule has 0 spiro atoms. The van der Waals surface area contributed by atoms with E-state index in [9.17, 15) is 9.59 Å². The first-order valence-corrected chi connectivity index (χ1v) is 5.77. The molecule has 1 aromatic heterocycles. The van der Waals surface area contributed by atoms with Crippen LogP contribution in [0.2, 0.25) is 0 Å². The Labute approximate surface area is 105 Å². The number of aliphatic carboxylic acids is 1. The number of thiol groups is 1. The molecule has 0 saturated heterocycles. The molecule has 0 radical (unpaired) electrons. The minimum Gasteiger partial charge on any atom is -0.480 e. The third kappa shape index (κ3) is 3.03. The van der Waals surface area contributed by atoms with Gasteiger partial charge in [-0.05, 0) is 25.2 Å². The molecule has 1 rings (SSSR count). The zero-order valence-corrected chi connectivity index (χ0v) is 10.6. The monoisotopic (exact) mass is 257 g/mol. The fourth-order valence-corrected chi connectivity index (χ4v) is 1.79. The van der Waals surface area contributed by atoms with Crippen LogP contribution in [0.25, 0.3) is 0 Å². The van der Waals surface area contributed by atoms with Crippen LogP contribution in [0.3, 0.4) is 0 Å². The normalized spacial score (nSPS) is 12.2. The standard InChI is InChI=1S/C11H15NO4S/c1-7-8(3-5-16-7)10(13)12(2)9(4-6-17)11(14)15/h3,5,9,17H,4,6H2,1-2H3,(H,14,15). The molecule has 1 unspecified atom stereocenters. The van der Waals surface area contributed by atoms with Gasteiger partial charge in [0.1, 0.15) is 11.8 Å². The van der Waals surface area contributed by atoms with Gasteiger partial charge in [0.15, 0.2) is 0 Å². The van der Waals surface area contributed by atoms with Gasteiger partial charge in [-0.15, -0.1) is 0 Å². The molecule has 1 heterocycles. The van der Waals surface area contributed by atoms with E-state index in [1.807, 2.05) is 0 Å². The lowest BCUT2D eigenvalue weighted by atomic mass is 10.1. The summed E-state index contributed by atoms with van der Waals surface area (Å²) in [5, 5.41) is 9.04. The van der Waals surface area contributed by atoms with Crippen LogP contribution in [0.5, 0.6) is 0 Å². The van der Waals surface area contributed by atoms with Crippen LogP contribution in [0, 0.1) is 6.92 Å². The third-order valence-corrected chi connectivity index (χ3v) is 2.82. The summed E-state index contributed by atoms with van der Waals surface area (Å²) in [6.07, 6.45) is 1.71. The minimum atomic E-state index is -1.03. The Morgan fingerprint density at radius 1 is 1.59 bits per heavy atom. The highest BCUT2D eigenvalue weighted by molar-refractivity contribution is 7.80. The lowest BCUT2D eigenvalue weighted by molar-refractivity contribution is -0.142. The van der Waals surface area contributed by atoms with Crippen LogP contribution in [0.15, 0.2) is 16.7 Å². The maximum atomic E-state index is 12.0. The second-order valence-electron chi connectivity index (χ2n) is 3.67. The van der Waals surface area contributed by atoms with Gasteiger partial charge in [-0.3, -0.25) is 4.79 Å². The van der Waals surface area contributed by atoms with Crippen LogP contribution >= 0.6 is 12.6 Å². The summed E-state index contributed by atoms with van der Waals surface area (Å²) in [5.74, 6) is -0.503. The Hall–Kier alpha value is -1.43. The second-order valence-corrected chi connectivity index (χ2v) is 4.12. The van der Waals surface area contributed by atoms with Gasteiger partial charge >= 0.3 is 5.97 Å². The number of amides is 1. The minimum absolute atomic E-state index is 0.303. The largest absolute Gasteiger partial charge is 0.480 e. The number of hydrogen-bond donors (Lipinski definition) is 2. The summed E-state index contributed by atoms with van der Waals surface area (Å²) >= 11 is 3.99. The molecule has 94 valence electrons. The summed E-state index contributed by atoms with van der Waals surface area (Å²) in [5.41, 5.74) is 0.387. The van der Waals surface area contributed by atoms with Gasteiger partial charge in [0, 0.05) is 7.05 Å². The maximum absolute atomic E-state index is 12.0. The van der Waals surface area contributed by atoms with Crippen LogP contribution in [0.1, 0.15) is 22.5 Å². The number of hydrogen-bond acceptors (Lipinski definition) is 4. The second kappa shape index (κ2) is 5.77. The lowest BCUT2D eigenvalue weighted by Gasteiger charge is -2.24. The third-order valence-electron chi connectivity index (χ3n) is 2.56. The molecular formula is C11H15NO4S. The number of aryl methyl sites for hydroxylation is 1. The molecule has 0 bridgehead atoms. The molecule has 0 aromatic carbocycles. The molecular weight excluding hydrogens is 242 g/mol. The first-order chi connectivity index (χ1) is 7.99. The number of carbonyl (C=O) groups is 2. The molecule has 0 aliphatic rings. The summed E-state index contributed by atoms with van der Waals surface area (Å²) in [7, 11) is 1.47. The van der Waals surface area contributed by atoms with Crippen molar-refractivity contribution in [1.82, 2.24) is 4.90 Å². The topological polar surface area (TPSA) is 70.8 Å².